The average molecular weight is 221 g/mol. The maximum absolute atomic E-state index is 12.7. The molecule has 7 heteroatoms. The van der Waals surface area contributed by atoms with E-state index in [0.29, 0.717) is 0 Å². The Hall–Kier alpha value is -1.37. The molecule has 0 aliphatic carbocycles. The van der Waals surface area contributed by atoms with Gasteiger partial charge in [0.15, 0.2) is 0 Å². The third kappa shape index (κ3) is 2.84. The van der Waals surface area contributed by atoms with Gasteiger partial charge in [-0.25, -0.2) is 9.37 Å². The van der Waals surface area contributed by atoms with E-state index in [1.165, 1.54) is 7.11 Å². The van der Waals surface area contributed by atoms with E-state index in [2.05, 4.69) is 13.9 Å². The Balaban J connectivity index is 3.11. The van der Waals surface area contributed by atoms with E-state index in [9.17, 15) is 12.8 Å². The number of hydrogen-bond acceptors (Lipinski definition) is 5. The molecule has 0 saturated carbocycles. The first-order valence-electron chi connectivity index (χ1n) is 3.51. The number of pyridine rings is 1. The number of methoxy groups -OCH3 is 1. The molecule has 1 aromatic heterocycles. The van der Waals surface area contributed by atoms with Gasteiger partial charge in [0.25, 0.3) is 5.88 Å². The van der Waals surface area contributed by atoms with Crippen LogP contribution in [0.3, 0.4) is 0 Å². The fraction of sp³-hybridized carbons (Fsp3) is 0.286. The molecule has 0 amide bonds. The Morgan fingerprint density at radius 3 is 2.64 bits per heavy atom. The number of halogens is 1. The minimum Gasteiger partial charge on any atom is -0.478 e. The van der Waals surface area contributed by atoms with Crippen LogP contribution in [0.15, 0.2) is 12.3 Å². The molecule has 14 heavy (non-hydrogen) atoms. The van der Waals surface area contributed by atoms with Gasteiger partial charge in [0.1, 0.15) is 5.82 Å². The predicted molar refractivity (Wildman–Crippen MR) is 46.2 cm³/mol. The van der Waals surface area contributed by atoms with Crippen molar-refractivity contribution in [2.24, 2.45) is 0 Å². The van der Waals surface area contributed by atoms with Crippen LogP contribution in [0.4, 0.5) is 4.39 Å². The van der Waals surface area contributed by atoms with Gasteiger partial charge in [-0.05, 0) is 0 Å². The maximum Gasteiger partial charge on any atom is 0.306 e. The predicted octanol–water partition coefficient (Wildman–Crippen LogP) is 0.568. The first kappa shape index (κ1) is 10.7. The largest absolute Gasteiger partial charge is 0.478 e. The molecule has 0 saturated heterocycles. The first-order valence-corrected chi connectivity index (χ1v) is 5.33. The molecule has 0 spiro atoms. The topological polar surface area (TPSA) is 65.5 Å². The lowest BCUT2D eigenvalue weighted by Gasteiger charge is -2.06. The smallest absolute Gasteiger partial charge is 0.306 e. The van der Waals surface area contributed by atoms with Gasteiger partial charge in [0, 0.05) is 6.07 Å². The van der Waals surface area contributed by atoms with E-state index < -0.39 is 15.9 Å². The highest BCUT2D eigenvalue weighted by atomic mass is 32.2. The molecule has 78 valence electrons. The molecule has 0 aliphatic heterocycles. The van der Waals surface area contributed by atoms with E-state index in [-0.39, 0.29) is 11.6 Å². The van der Waals surface area contributed by atoms with Crippen LogP contribution in [0.5, 0.6) is 11.6 Å². The Morgan fingerprint density at radius 2 is 2.14 bits per heavy atom. The lowest BCUT2D eigenvalue weighted by molar-refractivity contribution is 0.372. The summed E-state index contributed by atoms with van der Waals surface area (Å²) in [5.41, 5.74) is 0. The standard InChI is InChI=1S/C7H8FNO4S/c1-12-7-6(13-14(2,10)11)3-5(8)4-9-7/h3-4H,1-2H3. The molecule has 0 aliphatic rings. The van der Waals surface area contributed by atoms with Gasteiger partial charge < -0.3 is 8.92 Å². The van der Waals surface area contributed by atoms with Crippen molar-refractivity contribution >= 4 is 10.1 Å². The summed E-state index contributed by atoms with van der Waals surface area (Å²) in [5.74, 6) is -1.06. The van der Waals surface area contributed by atoms with E-state index in [1.807, 2.05) is 0 Å². The zero-order valence-electron chi connectivity index (χ0n) is 7.52. The Morgan fingerprint density at radius 1 is 1.50 bits per heavy atom. The quantitative estimate of drug-likeness (QED) is 0.698. The number of rotatable bonds is 3. The molecule has 0 unspecified atom stereocenters. The summed E-state index contributed by atoms with van der Waals surface area (Å²) < 4.78 is 43.3. The molecule has 0 atom stereocenters. The van der Waals surface area contributed by atoms with Gasteiger partial charge in [-0.2, -0.15) is 8.42 Å². The van der Waals surface area contributed by atoms with Crippen molar-refractivity contribution in [2.45, 2.75) is 0 Å². The van der Waals surface area contributed by atoms with Crippen LogP contribution in [-0.4, -0.2) is 26.8 Å². The van der Waals surface area contributed by atoms with Crippen molar-refractivity contribution in [1.82, 2.24) is 4.98 Å². The summed E-state index contributed by atoms with van der Waals surface area (Å²) in [5, 5.41) is 0. The van der Waals surface area contributed by atoms with Crippen LogP contribution in [0.2, 0.25) is 0 Å². The monoisotopic (exact) mass is 221 g/mol. The van der Waals surface area contributed by atoms with Gasteiger partial charge in [-0.3, -0.25) is 0 Å². The lowest BCUT2D eigenvalue weighted by atomic mass is 10.4. The Bertz CT molecular complexity index is 431. The van der Waals surface area contributed by atoms with Crippen molar-refractivity contribution in [3.05, 3.63) is 18.1 Å². The highest BCUT2D eigenvalue weighted by Gasteiger charge is 2.12. The zero-order chi connectivity index (χ0) is 10.8. The highest BCUT2D eigenvalue weighted by Crippen LogP contribution is 2.25. The molecular weight excluding hydrogens is 213 g/mol. The van der Waals surface area contributed by atoms with Crippen LogP contribution in [-0.2, 0) is 10.1 Å². The van der Waals surface area contributed by atoms with Crippen LogP contribution in [0, 0.1) is 5.82 Å². The SMILES string of the molecule is COc1ncc(F)cc1OS(C)(=O)=O. The second-order valence-electron chi connectivity index (χ2n) is 2.45. The minimum absolute atomic E-state index is 0.0863. The molecular formula is C7H8FNO4S. The number of aromatic nitrogens is 1. The molecule has 1 heterocycles. The second kappa shape index (κ2) is 3.79. The van der Waals surface area contributed by atoms with Crippen molar-refractivity contribution < 1.29 is 21.7 Å². The minimum atomic E-state index is -3.71. The molecule has 0 radical (unpaired) electrons. The number of hydrogen-bond donors (Lipinski definition) is 0. The average Bonchev–Trinajstić information content (AvgIpc) is 2.01. The summed E-state index contributed by atoms with van der Waals surface area (Å²) in [7, 11) is -2.44. The second-order valence-corrected chi connectivity index (χ2v) is 4.02. The number of nitrogens with zero attached hydrogens (tertiary/aromatic N) is 1. The van der Waals surface area contributed by atoms with E-state index in [0.717, 1.165) is 18.5 Å². The molecule has 0 fully saturated rings. The summed E-state index contributed by atoms with van der Waals surface area (Å²) in [6, 6.07) is 0.882. The van der Waals surface area contributed by atoms with Crippen LogP contribution >= 0.6 is 0 Å². The molecule has 0 aromatic carbocycles. The normalized spacial score (nSPS) is 11.1. The molecule has 0 bridgehead atoms. The summed E-state index contributed by atoms with van der Waals surface area (Å²) in [4.78, 5) is 3.49. The van der Waals surface area contributed by atoms with Crippen LogP contribution in [0.25, 0.3) is 0 Å². The van der Waals surface area contributed by atoms with E-state index >= 15 is 0 Å². The third-order valence-electron chi connectivity index (χ3n) is 1.22. The highest BCUT2D eigenvalue weighted by molar-refractivity contribution is 7.86. The third-order valence-corrected chi connectivity index (χ3v) is 1.70. The van der Waals surface area contributed by atoms with Gasteiger partial charge in [0.2, 0.25) is 5.75 Å². The fourth-order valence-corrected chi connectivity index (χ4v) is 1.23. The Kier molecular flexibility index (Phi) is 2.90. The lowest BCUT2D eigenvalue weighted by Crippen LogP contribution is -2.07. The zero-order valence-corrected chi connectivity index (χ0v) is 8.34. The number of ether oxygens (including phenoxy) is 1. The van der Waals surface area contributed by atoms with Crippen molar-refractivity contribution in [3.63, 3.8) is 0 Å². The van der Waals surface area contributed by atoms with Gasteiger partial charge in [-0.15, -0.1) is 0 Å². The molecule has 0 N–H and O–H groups in total. The van der Waals surface area contributed by atoms with Crippen LogP contribution in [0.1, 0.15) is 0 Å². The van der Waals surface area contributed by atoms with Crippen molar-refractivity contribution in [1.29, 1.82) is 0 Å². The van der Waals surface area contributed by atoms with E-state index in [4.69, 9.17) is 0 Å². The summed E-state index contributed by atoms with van der Waals surface area (Å²) in [6.45, 7) is 0. The molecule has 1 aromatic rings. The van der Waals surface area contributed by atoms with Crippen LogP contribution < -0.4 is 8.92 Å². The van der Waals surface area contributed by atoms with E-state index in [1.54, 1.807) is 0 Å². The molecule has 1 rings (SSSR count). The van der Waals surface area contributed by atoms with Crippen molar-refractivity contribution in [3.8, 4) is 11.6 Å². The first-order chi connectivity index (χ1) is 6.42. The summed E-state index contributed by atoms with van der Waals surface area (Å²) >= 11 is 0. The van der Waals surface area contributed by atoms with Crippen molar-refractivity contribution in [2.75, 3.05) is 13.4 Å². The fourth-order valence-electron chi connectivity index (χ4n) is 0.784. The summed E-state index contributed by atoms with van der Waals surface area (Å²) in [6.07, 6.45) is 1.74. The maximum atomic E-state index is 12.7. The Labute approximate surface area is 80.6 Å². The molecule has 5 nitrogen and oxygen atoms in total. The van der Waals surface area contributed by atoms with Gasteiger partial charge >= 0.3 is 10.1 Å². The van der Waals surface area contributed by atoms with Gasteiger partial charge in [0.05, 0.1) is 19.6 Å². The van der Waals surface area contributed by atoms with Gasteiger partial charge in [-0.1, -0.05) is 0 Å².